The summed E-state index contributed by atoms with van der Waals surface area (Å²) in [6, 6.07) is 7.23. The van der Waals surface area contributed by atoms with Crippen LogP contribution in [0, 0.1) is 5.92 Å². The van der Waals surface area contributed by atoms with E-state index in [2.05, 4.69) is 20.6 Å². The standard InChI is InChI=1S/C16H24N4O2/c1-10(2)12(8-9-21)20-16(22)17-11(3)15-18-13-6-4-5-7-14(13)19-15/h4-7,10-12,21H,8-9H2,1-3H3,(H,18,19)(H2,17,20,22). The third-order valence-corrected chi connectivity index (χ3v) is 3.73. The van der Waals surface area contributed by atoms with Crippen LogP contribution >= 0.6 is 0 Å². The summed E-state index contributed by atoms with van der Waals surface area (Å²) in [7, 11) is 0. The molecule has 0 aliphatic carbocycles. The Balaban J connectivity index is 1.98. The van der Waals surface area contributed by atoms with Crippen molar-refractivity contribution in [2.45, 2.75) is 39.3 Å². The van der Waals surface area contributed by atoms with Crippen molar-refractivity contribution < 1.29 is 9.90 Å². The lowest BCUT2D eigenvalue weighted by Crippen LogP contribution is -2.45. The summed E-state index contributed by atoms with van der Waals surface area (Å²) in [4.78, 5) is 19.8. The molecule has 6 heteroatoms. The van der Waals surface area contributed by atoms with Gasteiger partial charge in [0.05, 0.1) is 17.1 Å². The molecule has 1 aromatic carbocycles. The molecule has 1 heterocycles. The van der Waals surface area contributed by atoms with Gasteiger partial charge >= 0.3 is 6.03 Å². The largest absolute Gasteiger partial charge is 0.396 e. The molecule has 2 amide bonds. The number of hydrogen-bond donors (Lipinski definition) is 4. The lowest BCUT2D eigenvalue weighted by atomic mass is 10.0. The smallest absolute Gasteiger partial charge is 0.315 e. The van der Waals surface area contributed by atoms with E-state index in [1.165, 1.54) is 0 Å². The molecule has 2 aromatic rings. The summed E-state index contributed by atoms with van der Waals surface area (Å²) < 4.78 is 0. The van der Waals surface area contributed by atoms with Crippen LogP contribution in [0.2, 0.25) is 0 Å². The first-order chi connectivity index (χ1) is 10.5. The number of nitrogens with zero attached hydrogens (tertiary/aromatic N) is 1. The number of carbonyl (C=O) groups is 1. The molecule has 1 aromatic heterocycles. The van der Waals surface area contributed by atoms with Gasteiger partial charge in [0.15, 0.2) is 0 Å². The van der Waals surface area contributed by atoms with E-state index in [0.717, 1.165) is 16.9 Å². The zero-order valence-electron chi connectivity index (χ0n) is 13.3. The van der Waals surface area contributed by atoms with Gasteiger partial charge < -0.3 is 20.7 Å². The summed E-state index contributed by atoms with van der Waals surface area (Å²) in [6.45, 7) is 5.97. The number of imidazole rings is 1. The number of para-hydroxylation sites is 2. The number of benzene rings is 1. The topological polar surface area (TPSA) is 90.0 Å². The van der Waals surface area contributed by atoms with Crippen LogP contribution < -0.4 is 10.6 Å². The number of urea groups is 1. The summed E-state index contributed by atoms with van der Waals surface area (Å²) in [5.74, 6) is 0.985. The average Bonchev–Trinajstić information content (AvgIpc) is 2.90. The van der Waals surface area contributed by atoms with E-state index in [4.69, 9.17) is 5.11 Å². The number of H-pyrrole nitrogens is 1. The molecule has 0 aliphatic heterocycles. The normalized spacial score (nSPS) is 14.0. The Kier molecular flexibility index (Phi) is 5.38. The molecule has 0 fully saturated rings. The molecule has 2 unspecified atom stereocenters. The first-order valence-corrected chi connectivity index (χ1v) is 7.63. The second-order valence-corrected chi connectivity index (χ2v) is 5.84. The number of hydrogen-bond acceptors (Lipinski definition) is 3. The van der Waals surface area contributed by atoms with Crippen molar-refractivity contribution in [3.8, 4) is 0 Å². The van der Waals surface area contributed by atoms with E-state index < -0.39 is 0 Å². The third-order valence-electron chi connectivity index (χ3n) is 3.73. The highest BCUT2D eigenvalue weighted by molar-refractivity contribution is 5.76. The maximum atomic E-state index is 12.1. The van der Waals surface area contributed by atoms with Gasteiger partial charge in [0.25, 0.3) is 0 Å². The molecule has 0 saturated carbocycles. The highest BCUT2D eigenvalue weighted by Crippen LogP contribution is 2.15. The summed E-state index contributed by atoms with van der Waals surface area (Å²) >= 11 is 0. The predicted octanol–water partition coefficient (Wildman–Crippen LogP) is 2.33. The quantitative estimate of drug-likeness (QED) is 0.660. The fraction of sp³-hybridized carbons (Fsp3) is 0.500. The first-order valence-electron chi connectivity index (χ1n) is 7.63. The molecule has 0 aliphatic rings. The van der Waals surface area contributed by atoms with Crippen LogP contribution in [-0.2, 0) is 0 Å². The van der Waals surface area contributed by atoms with E-state index in [1.54, 1.807) is 0 Å². The molecule has 6 nitrogen and oxygen atoms in total. The minimum Gasteiger partial charge on any atom is -0.396 e. The SMILES string of the molecule is CC(NC(=O)NC(CCO)C(C)C)c1nc2ccccc2[nH]1. The van der Waals surface area contributed by atoms with Gasteiger partial charge in [-0.2, -0.15) is 0 Å². The second-order valence-electron chi connectivity index (χ2n) is 5.84. The number of amides is 2. The summed E-state index contributed by atoms with van der Waals surface area (Å²) in [5, 5.41) is 14.8. The number of carbonyl (C=O) groups excluding carboxylic acids is 1. The number of aliphatic hydroxyl groups excluding tert-OH is 1. The molecule has 2 rings (SSSR count). The molecule has 0 spiro atoms. The minimum atomic E-state index is -0.250. The van der Waals surface area contributed by atoms with Gasteiger partial charge in [0.1, 0.15) is 5.82 Å². The van der Waals surface area contributed by atoms with Crippen molar-refractivity contribution in [3.63, 3.8) is 0 Å². The minimum absolute atomic E-state index is 0.0483. The number of aliphatic hydroxyl groups is 1. The van der Waals surface area contributed by atoms with Crippen LogP contribution in [0.5, 0.6) is 0 Å². The number of aromatic amines is 1. The van der Waals surface area contributed by atoms with E-state index in [-0.39, 0.29) is 30.6 Å². The predicted molar refractivity (Wildman–Crippen MR) is 86.5 cm³/mol. The Morgan fingerprint density at radius 2 is 2.00 bits per heavy atom. The van der Waals surface area contributed by atoms with Crippen molar-refractivity contribution in [1.82, 2.24) is 20.6 Å². The van der Waals surface area contributed by atoms with E-state index in [1.807, 2.05) is 45.0 Å². The lowest BCUT2D eigenvalue weighted by molar-refractivity contribution is 0.216. The molecule has 22 heavy (non-hydrogen) atoms. The zero-order chi connectivity index (χ0) is 16.1. The van der Waals surface area contributed by atoms with Crippen LogP contribution in [0.1, 0.15) is 39.1 Å². The van der Waals surface area contributed by atoms with Gasteiger partial charge in [-0.1, -0.05) is 26.0 Å². The maximum absolute atomic E-state index is 12.1. The van der Waals surface area contributed by atoms with Gasteiger partial charge in [0.2, 0.25) is 0 Å². The van der Waals surface area contributed by atoms with Crippen LogP contribution in [0.3, 0.4) is 0 Å². The molecular weight excluding hydrogens is 280 g/mol. The average molecular weight is 304 g/mol. The summed E-state index contributed by atoms with van der Waals surface area (Å²) in [6.07, 6.45) is 0.546. The molecule has 0 radical (unpaired) electrons. The number of fused-ring (bicyclic) bond motifs is 1. The van der Waals surface area contributed by atoms with Gasteiger partial charge in [-0.05, 0) is 31.4 Å². The van der Waals surface area contributed by atoms with Gasteiger partial charge in [-0.15, -0.1) is 0 Å². The van der Waals surface area contributed by atoms with Crippen LogP contribution in [0.15, 0.2) is 24.3 Å². The Bertz CT molecular complexity index is 590. The highest BCUT2D eigenvalue weighted by Gasteiger charge is 2.18. The highest BCUT2D eigenvalue weighted by atomic mass is 16.3. The number of rotatable bonds is 6. The molecular formula is C16H24N4O2. The number of nitrogens with one attached hydrogen (secondary N) is 3. The molecule has 120 valence electrons. The maximum Gasteiger partial charge on any atom is 0.315 e. The van der Waals surface area contributed by atoms with Gasteiger partial charge in [-0.3, -0.25) is 0 Å². The fourth-order valence-corrected chi connectivity index (χ4v) is 2.36. The van der Waals surface area contributed by atoms with Crippen molar-refractivity contribution >= 4 is 17.1 Å². The van der Waals surface area contributed by atoms with Crippen molar-refractivity contribution in [1.29, 1.82) is 0 Å². The Morgan fingerprint density at radius 1 is 1.27 bits per heavy atom. The monoisotopic (exact) mass is 304 g/mol. The van der Waals surface area contributed by atoms with Crippen molar-refractivity contribution in [3.05, 3.63) is 30.1 Å². The number of aromatic nitrogens is 2. The fourth-order valence-electron chi connectivity index (χ4n) is 2.36. The molecule has 0 saturated heterocycles. The Labute approximate surface area is 130 Å². The van der Waals surface area contributed by atoms with E-state index >= 15 is 0 Å². The van der Waals surface area contributed by atoms with Gasteiger partial charge in [-0.25, -0.2) is 9.78 Å². The molecule has 4 N–H and O–H groups in total. The van der Waals surface area contributed by atoms with Crippen LogP contribution in [0.25, 0.3) is 11.0 Å². The summed E-state index contributed by atoms with van der Waals surface area (Å²) in [5.41, 5.74) is 1.83. The van der Waals surface area contributed by atoms with Gasteiger partial charge in [0, 0.05) is 12.6 Å². The third kappa shape index (κ3) is 3.98. The van der Waals surface area contributed by atoms with E-state index in [0.29, 0.717) is 6.42 Å². The van der Waals surface area contributed by atoms with E-state index in [9.17, 15) is 4.79 Å². The first kappa shape index (κ1) is 16.3. The second kappa shape index (κ2) is 7.26. The lowest BCUT2D eigenvalue weighted by Gasteiger charge is -2.22. The zero-order valence-corrected chi connectivity index (χ0v) is 13.3. The Morgan fingerprint density at radius 3 is 2.64 bits per heavy atom. The molecule has 0 bridgehead atoms. The van der Waals surface area contributed by atoms with Crippen molar-refractivity contribution in [2.24, 2.45) is 5.92 Å². The van der Waals surface area contributed by atoms with Crippen LogP contribution in [-0.4, -0.2) is 33.8 Å². The molecule has 2 atom stereocenters. The van der Waals surface area contributed by atoms with Crippen LogP contribution in [0.4, 0.5) is 4.79 Å². The Hall–Kier alpha value is -2.08. The van der Waals surface area contributed by atoms with Crippen molar-refractivity contribution in [2.75, 3.05) is 6.61 Å².